The molecule has 0 radical (unpaired) electrons. The summed E-state index contributed by atoms with van der Waals surface area (Å²) in [5.41, 5.74) is 5.12. The van der Waals surface area contributed by atoms with Crippen LogP contribution in [-0.2, 0) is 4.74 Å². The van der Waals surface area contributed by atoms with Crippen LogP contribution in [0.5, 0.6) is 0 Å². The van der Waals surface area contributed by atoms with Crippen molar-refractivity contribution in [1.29, 1.82) is 0 Å². The van der Waals surface area contributed by atoms with Crippen LogP contribution in [0.2, 0.25) is 0 Å². The molecule has 0 aliphatic carbocycles. The van der Waals surface area contributed by atoms with Crippen LogP contribution in [0.4, 0.5) is 0 Å². The second kappa shape index (κ2) is 6.09. The highest BCUT2D eigenvalue weighted by atomic mass is 16.5. The lowest BCUT2D eigenvalue weighted by Gasteiger charge is -2.36. The quantitative estimate of drug-likeness (QED) is 0.899. The van der Waals surface area contributed by atoms with Crippen LogP contribution in [0.3, 0.4) is 0 Å². The van der Waals surface area contributed by atoms with E-state index in [1.165, 1.54) is 12.1 Å². The van der Waals surface area contributed by atoms with Gasteiger partial charge < -0.3 is 19.8 Å². The fourth-order valence-corrected chi connectivity index (χ4v) is 2.39. The van der Waals surface area contributed by atoms with Gasteiger partial charge in [0.05, 0.1) is 19.3 Å². The zero-order valence-corrected chi connectivity index (χ0v) is 11.8. The molecule has 6 nitrogen and oxygen atoms in total. The Balaban J connectivity index is 2.14. The van der Waals surface area contributed by atoms with Crippen molar-refractivity contribution in [3.63, 3.8) is 0 Å². The Bertz CT molecular complexity index is 495. The first-order valence-corrected chi connectivity index (χ1v) is 6.77. The van der Waals surface area contributed by atoms with Crippen LogP contribution < -0.4 is 5.73 Å². The summed E-state index contributed by atoms with van der Waals surface area (Å²) >= 11 is 0. The molecule has 0 spiro atoms. The number of ether oxygens (including phenoxy) is 1. The van der Waals surface area contributed by atoms with Gasteiger partial charge in [-0.15, -0.1) is 0 Å². The van der Waals surface area contributed by atoms with Gasteiger partial charge in [-0.05, 0) is 24.5 Å². The number of carbonyl (C=O) groups is 2. The Morgan fingerprint density at radius 3 is 2.70 bits per heavy atom. The minimum atomic E-state index is -0.676. The molecule has 1 aliphatic rings. The van der Waals surface area contributed by atoms with Crippen molar-refractivity contribution in [3.05, 3.63) is 23.7 Å². The van der Waals surface area contributed by atoms with Crippen LogP contribution in [0.25, 0.3) is 0 Å². The molecular formula is C14H20N2O4. The average molecular weight is 280 g/mol. The zero-order chi connectivity index (χ0) is 14.7. The van der Waals surface area contributed by atoms with Crippen molar-refractivity contribution in [2.24, 2.45) is 11.7 Å². The topological polar surface area (TPSA) is 85.8 Å². The van der Waals surface area contributed by atoms with Crippen molar-refractivity contribution in [2.45, 2.75) is 26.3 Å². The molecule has 0 saturated carbocycles. The SMILES string of the molecule is CC(C)C[C@@H]1COCCN1C(=O)c1ccc(C(N)=O)o1. The third-order valence-electron chi connectivity index (χ3n) is 3.29. The van der Waals surface area contributed by atoms with Gasteiger partial charge in [0, 0.05) is 6.54 Å². The van der Waals surface area contributed by atoms with Crippen molar-refractivity contribution in [1.82, 2.24) is 4.90 Å². The van der Waals surface area contributed by atoms with Crippen LogP contribution in [0.1, 0.15) is 41.4 Å². The van der Waals surface area contributed by atoms with Gasteiger partial charge in [-0.3, -0.25) is 9.59 Å². The predicted molar refractivity (Wildman–Crippen MR) is 72.3 cm³/mol. The molecule has 1 fully saturated rings. The predicted octanol–water partition coefficient (Wildman–Crippen LogP) is 1.27. The minimum Gasteiger partial charge on any atom is -0.446 e. The van der Waals surface area contributed by atoms with Crippen molar-refractivity contribution < 1.29 is 18.7 Å². The fourth-order valence-electron chi connectivity index (χ4n) is 2.39. The monoisotopic (exact) mass is 280 g/mol. The number of morpholine rings is 1. The molecule has 2 amide bonds. The van der Waals surface area contributed by atoms with Gasteiger partial charge in [-0.2, -0.15) is 0 Å². The van der Waals surface area contributed by atoms with Gasteiger partial charge in [-0.25, -0.2) is 0 Å². The Morgan fingerprint density at radius 1 is 1.40 bits per heavy atom. The number of amides is 2. The number of nitrogens with zero attached hydrogens (tertiary/aromatic N) is 1. The van der Waals surface area contributed by atoms with Crippen LogP contribution in [0, 0.1) is 5.92 Å². The average Bonchev–Trinajstić information content (AvgIpc) is 2.87. The number of rotatable bonds is 4. The Morgan fingerprint density at radius 2 is 2.10 bits per heavy atom. The first-order valence-electron chi connectivity index (χ1n) is 6.77. The second-order valence-corrected chi connectivity index (χ2v) is 5.38. The van der Waals surface area contributed by atoms with E-state index >= 15 is 0 Å². The summed E-state index contributed by atoms with van der Waals surface area (Å²) in [6.07, 6.45) is 0.870. The highest BCUT2D eigenvalue weighted by molar-refractivity contribution is 5.95. The van der Waals surface area contributed by atoms with E-state index in [-0.39, 0.29) is 23.5 Å². The summed E-state index contributed by atoms with van der Waals surface area (Å²) in [6.45, 7) is 5.80. The van der Waals surface area contributed by atoms with Gasteiger partial charge in [0.1, 0.15) is 0 Å². The Kier molecular flexibility index (Phi) is 4.44. The molecule has 20 heavy (non-hydrogen) atoms. The van der Waals surface area contributed by atoms with Gasteiger partial charge in [0.25, 0.3) is 11.8 Å². The third-order valence-corrected chi connectivity index (χ3v) is 3.29. The first kappa shape index (κ1) is 14.6. The number of carbonyl (C=O) groups excluding carboxylic acids is 2. The molecule has 0 aromatic carbocycles. The summed E-state index contributed by atoms with van der Waals surface area (Å²) in [7, 11) is 0. The maximum atomic E-state index is 12.5. The van der Waals surface area contributed by atoms with Gasteiger partial charge >= 0.3 is 0 Å². The highest BCUT2D eigenvalue weighted by Gasteiger charge is 2.30. The molecule has 0 unspecified atom stereocenters. The van der Waals surface area contributed by atoms with Gasteiger partial charge in [-0.1, -0.05) is 13.8 Å². The van der Waals surface area contributed by atoms with Crippen molar-refractivity contribution in [3.8, 4) is 0 Å². The lowest BCUT2D eigenvalue weighted by atomic mass is 10.0. The summed E-state index contributed by atoms with van der Waals surface area (Å²) in [6, 6.07) is 2.95. The fraction of sp³-hybridized carbons (Fsp3) is 0.571. The number of primary amides is 1. The molecule has 2 N–H and O–H groups in total. The summed E-state index contributed by atoms with van der Waals surface area (Å²) in [4.78, 5) is 25.2. The lowest BCUT2D eigenvalue weighted by molar-refractivity contribution is -0.00897. The van der Waals surface area contributed by atoms with Crippen molar-refractivity contribution in [2.75, 3.05) is 19.8 Å². The molecule has 1 saturated heterocycles. The molecule has 1 aromatic rings. The molecule has 1 aromatic heterocycles. The van der Waals surface area contributed by atoms with E-state index in [0.29, 0.717) is 25.7 Å². The number of hydrogen-bond donors (Lipinski definition) is 1. The van der Waals surface area contributed by atoms with E-state index in [1.54, 1.807) is 4.90 Å². The maximum Gasteiger partial charge on any atom is 0.289 e. The zero-order valence-electron chi connectivity index (χ0n) is 11.8. The Labute approximate surface area is 117 Å². The normalized spacial score (nSPS) is 19.4. The molecule has 2 heterocycles. The summed E-state index contributed by atoms with van der Waals surface area (Å²) < 4.78 is 10.7. The van der Waals surface area contributed by atoms with Crippen molar-refractivity contribution >= 4 is 11.8 Å². The van der Waals surface area contributed by atoms with Gasteiger partial charge in [0.15, 0.2) is 11.5 Å². The minimum absolute atomic E-state index is 0.00187. The standard InChI is InChI=1S/C14H20N2O4/c1-9(2)7-10-8-19-6-5-16(10)14(18)12-4-3-11(20-12)13(15)17/h3-4,9-10H,5-8H2,1-2H3,(H2,15,17)/t10-/m1/s1. The second-order valence-electron chi connectivity index (χ2n) is 5.38. The summed E-state index contributed by atoms with van der Waals surface area (Å²) in [5, 5.41) is 0. The largest absolute Gasteiger partial charge is 0.446 e. The maximum absolute atomic E-state index is 12.5. The molecule has 1 atom stereocenters. The smallest absolute Gasteiger partial charge is 0.289 e. The van der Waals surface area contributed by atoms with Crippen LogP contribution in [0.15, 0.2) is 16.5 Å². The Hall–Kier alpha value is -1.82. The van der Waals surface area contributed by atoms with E-state index in [0.717, 1.165) is 6.42 Å². The van der Waals surface area contributed by atoms with Gasteiger partial charge in [0.2, 0.25) is 0 Å². The number of nitrogens with two attached hydrogens (primary N) is 1. The molecule has 110 valence electrons. The highest BCUT2D eigenvalue weighted by Crippen LogP contribution is 2.19. The molecule has 1 aliphatic heterocycles. The molecular weight excluding hydrogens is 260 g/mol. The lowest BCUT2D eigenvalue weighted by Crippen LogP contribution is -2.49. The van der Waals surface area contributed by atoms with Crippen LogP contribution >= 0.6 is 0 Å². The van der Waals surface area contributed by atoms with Crippen LogP contribution in [-0.4, -0.2) is 42.5 Å². The number of furan rings is 1. The number of hydrogen-bond acceptors (Lipinski definition) is 4. The third kappa shape index (κ3) is 3.19. The molecule has 0 bridgehead atoms. The van der Waals surface area contributed by atoms with E-state index in [2.05, 4.69) is 13.8 Å². The summed E-state index contributed by atoms with van der Waals surface area (Å²) in [5.74, 6) is -0.275. The first-order chi connectivity index (χ1) is 9.49. The van der Waals surface area contributed by atoms with E-state index in [9.17, 15) is 9.59 Å². The van der Waals surface area contributed by atoms with E-state index < -0.39 is 5.91 Å². The van der Waals surface area contributed by atoms with E-state index in [4.69, 9.17) is 14.9 Å². The molecule has 6 heteroatoms. The molecule has 2 rings (SSSR count). The van der Waals surface area contributed by atoms with E-state index in [1.807, 2.05) is 0 Å².